The Bertz CT molecular complexity index is 605. The number of aryl methyl sites for hydroxylation is 1. The molecule has 1 amide bonds. The maximum atomic E-state index is 11.8. The number of amides is 1. The molecule has 114 valence electrons. The van der Waals surface area contributed by atoms with Gasteiger partial charge in [-0.1, -0.05) is 13.8 Å². The lowest BCUT2D eigenvalue weighted by Gasteiger charge is -2.08. The molecule has 5 nitrogen and oxygen atoms in total. The number of ether oxygens (including phenoxy) is 1. The number of rotatable bonds is 7. The topological polar surface area (TPSA) is 56.2 Å². The van der Waals surface area contributed by atoms with Gasteiger partial charge in [0.1, 0.15) is 5.75 Å². The summed E-state index contributed by atoms with van der Waals surface area (Å²) in [5, 5.41) is 8.30. The van der Waals surface area contributed by atoms with Gasteiger partial charge in [0.05, 0.1) is 25.4 Å². The zero-order valence-electron chi connectivity index (χ0n) is 12.9. The van der Waals surface area contributed by atoms with Crippen LogP contribution in [-0.4, -0.2) is 29.3 Å². The number of aromatic nitrogens is 2. The molecule has 0 spiro atoms. The first-order chi connectivity index (χ1) is 10.1. The van der Waals surface area contributed by atoms with Crippen molar-refractivity contribution in [3.63, 3.8) is 0 Å². The van der Waals surface area contributed by atoms with E-state index >= 15 is 0 Å². The number of benzene rings is 1. The maximum Gasteiger partial charge on any atom is 0.221 e. The number of methoxy groups -OCH3 is 1. The van der Waals surface area contributed by atoms with Crippen molar-refractivity contribution in [1.82, 2.24) is 15.1 Å². The van der Waals surface area contributed by atoms with Crippen LogP contribution in [-0.2, 0) is 11.3 Å². The third-order valence-corrected chi connectivity index (χ3v) is 3.44. The van der Waals surface area contributed by atoms with Crippen LogP contribution in [0.1, 0.15) is 26.7 Å². The summed E-state index contributed by atoms with van der Waals surface area (Å²) in [6.07, 6.45) is 3.26. The molecule has 0 radical (unpaired) electrons. The van der Waals surface area contributed by atoms with E-state index in [0.29, 0.717) is 18.9 Å². The van der Waals surface area contributed by atoms with Gasteiger partial charge in [-0.15, -0.1) is 0 Å². The van der Waals surface area contributed by atoms with Crippen molar-refractivity contribution < 1.29 is 9.53 Å². The second-order valence-electron chi connectivity index (χ2n) is 5.57. The van der Waals surface area contributed by atoms with Gasteiger partial charge in [-0.05, 0) is 30.5 Å². The number of carbonyl (C=O) groups excluding carboxylic acids is 1. The fourth-order valence-electron chi connectivity index (χ4n) is 2.17. The van der Waals surface area contributed by atoms with E-state index in [0.717, 1.165) is 29.6 Å². The van der Waals surface area contributed by atoms with E-state index in [-0.39, 0.29) is 5.91 Å². The number of fused-ring (bicyclic) bond motifs is 1. The molecule has 1 aromatic carbocycles. The predicted octanol–water partition coefficient (Wildman–Crippen LogP) is 2.60. The number of nitrogens with one attached hydrogen (secondary N) is 1. The molecule has 0 aliphatic heterocycles. The van der Waals surface area contributed by atoms with Gasteiger partial charge in [-0.2, -0.15) is 5.10 Å². The summed E-state index contributed by atoms with van der Waals surface area (Å²) in [6, 6.07) is 5.82. The lowest BCUT2D eigenvalue weighted by atomic mass is 10.1. The van der Waals surface area contributed by atoms with Crippen molar-refractivity contribution in [2.75, 3.05) is 13.7 Å². The number of hydrogen-bond acceptors (Lipinski definition) is 3. The lowest BCUT2D eigenvalue weighted by molar-refractivity contribution is -0.121. The molecule has 0 fully saturated rings. The molecule has 1 N–H and O–H groups in total. The summed E-state index contributed by atoms with van der Waals surface area (Å²) in [5.41, 5.74) is 1.02. The van der Waals surface area contributed by atoms with E-state index in [1.807, 2.05) is 22.9 Å². The summed E-state index contributed by atoms with van der Waals surface area (Å²) in [5.74, 6) is 1.50. The average molecular weight is 289 g/mol. The minimum absolute atomic E-state index is 0.0767. The Morgan fingerprint density at radius 3 is 2.95 bits per heavy atom. The molecule has 0 saturated heterocycles. The monoisotopic (exact) mass is 289 g/mol. The van der Waals surface area contributed by atoms with Crippen LogP contribution in [0.5, 0.6) is 5.75 Å². The highest BCUT2D eigenvalue weighted by molar-refractivity contribution is 5.80. The van der Waals surface area contributed by atoms with Crippen molar-refractivity contribution in [3.8, 4) is 5.75 Å². The van der Waals surface area contributed by atoms with Gasteiger partial charge in [0.25, 0.3) is 0 Å². The van der Waals surface area contributed by atoms with E-state index < -0.39 is 0 Å². The number of carbonyl (C=O) groups is 1. The fourth-order valence-corrected chi connectivity index (χ4v) is 2.17. The number of hydrogen-bond donors (Lipinski definition) is 1. The van der Waals surface area contributed by atoms with Gasteiger partial charge in [0, 0.05) is 18.4 Å². The first-order valence-corrected chi connectivity index (χ1v) is 7.36. The number of nitrogens with zero attached hydrogens (tertiary/aromatic N) is 2. The van der Waals surface area contributed by atoms with Gasteiger partial charge in [-0.3, -0.25) is 9.48 Å². The Labute approximate surface area is 125 Å². The van der Waals surface area contributed by atoms with E-state index in [9.17, 15) is 4.79 Å². The normalized spacial score (nSPS) is 11.0. The summed E-state index contributed by atoms with van der Waals surface area (Å²) in [4.78, 5) is 11.8. The van der Waals surface area contributed by atoms with Crippen molar-refractivity contribution in [2.24, 2.45) is 5.92 Å². The summed E-state index contributed by atoms with van der Waals surface area (Å²) < 4.78 is 7.05. The Hall–Kier alpha value is -2.04. The van der Waals surface area contributed by atoms with E-state index in [2.05, 4.69) is 24.3 Å². The average Bonchev–Trinajstić information content (AvgIpc) is 2.86. The van der Waals surface area contributed by atoms with Crippen LogP contribution in [0.3, 0.4) is 0 Å². The molecule has 1 aromatic heterocycles. The molecule has 2 aromatic rings. The molecule has 5 heteroatoms. The minimum atomic E-state index is 0.0767. The van der Waals surface area contributed by atoms with Crippen LogP contribution in [0, 0.1) is 5.92 Å². The third-order valence-electron chi connectivity index (χ3n) is 3.44. The maximum absolute atomic E-state index is 11.8. The van der Waals surface area contributed by atoms with Crippen LogP contribution in [0.25, 0.3) is 10.9 Å². The highest BCUT2D eigenvalue weighted by atomic mass is 16.5. The zero-order valence-corrected chi connectivity index (χ0v) is 12.9. The van der Waals surface area contributed by atoms with Gasteiger partial charge < -0.3 is 10.1 Å². The van der Waals surface area contributed by atoms with Gasteiger partial charge in [0.2, 0.25) is 5.91 Å². The Morgan fingerprint density at radius 1 is 1.43 bits per heavy atom. The van der Waals surface area contributed by atoms with E-state index in [1.165, 1.54) is 0 Å². The van der Waals surface area contributed by atoms with Gasteiger partial charge >= 0.3 is 0 Å². The Kier molecular flexibility index (Phi) is 5.20. The Morgan fingerprint density at radius 2 is 2.24 bits per heavy atom. The second-order valence-corrected chi connectivity index (χ2v) is 5.57. The lowest BCUT2D eigenvalue weighted by Crippen LogP contribution is -2.26. The fraction of sp³-hybridized carbons (Fsp3) is 0.500. The molecule has 0 unspecified atom stereocenters. The molecular formula is C16H23N3O2. The first kappa shape index (κ1) is 15.4. The molecule has 0 aliphatic carbocycles. The molecule has 21 heavy (non-hydrogen) atoms. The standard InChI is InChI=1S/C16H23N3O2/c1-12(2)6-8-17-16(20)7-9-19-15-5-4-14(21-3)10-13(15)11-18-19/h4-5,10-12H,6-9H2,1-3H3,(H,17,20). The highest BCUT2D eigenvalue weighted by Crippen LogP contribution is 2.20. The van der Waals surface area contributed by atoms with Gasteiger partial charge in [-0.25, -0.2) is 0 Å². The third kappa shape index (κ3) is 4.21. The van der Waals surface area contributed by atoms with Crippen LogP contribution < -0.4 is 10.1 Å². The highest BCUT2D eigenvalue weighted by Gasteiger charge is 2.07. The molecule has 2 rings (SSSR count). The molecular weight excluding hydrogens is 266 g/mol. The summed E-state index contributed by atoms with van der Waals surface area (Å²) in [6.45, 7) is 5.63. The van der Waals surface area contributed by atoms with E-state index in [4.69, 9.17) is 4.74 Å². The van der Waals surface area contributed by atoms with Crippen LogP contribution in [0.15, 0.2) is 24.4 Å². The van der Waals surface area contributed by atoms with Crippen molar-refractivity contribution >= 4 is 16.8 Å². The molecule has 0 saturated carbocycles. The molecule has 0 aliphatic rings. The van der Waals surface area contributed by atoms with Crippen LogP contribution >= 0.6 is 0 Å². The summed E-state index contributed by atoms with van der Waals surface area (Å²) in [7, 11) is 1.65. The molecule has 0 bridgehead atoms. The van der Waals surface area contributed by atoms with Crippen molar-refractivity contribution in [1.29, 1.82) is 0 Å². The predicted molar refractivity (Wildman–Crippen MR) is 83.4 cm³/mol. The second kappa shape index (κ2) is 7.11. The van der Waals surface area contributed by atoms with Crippen LogP contribution in [0.2, 0.25) is 0 Å². The van der Waals surface area contributed by atoms with E-state index in [1.54, 1.807) is 13.3 Å². The smallest absolute Gasteiger partial charge is 0.221 e. The summed E-state index contributed by atoms with van der Waals surface area (Å²) >= 11 is 0. The van der Waals surface area contributed by atoms with Crippen molar-refractivity contribution in [3.05, 3.63) is 24.4 Å². The van der Waals surface area contributed by atoms with Crippen molar-refractivity contribution in [2.45, 2.75) is 33.2 Å². The Balaban J connectivity index is 1.90. The minimum Gasteiger partial charge on any atom is -0.497 e. The molecule has 1 heterocycles. The largest absolute Gasteiger partial charge is 0.497 e. The zero-order chi connectivity index (χ0) is 15.2. The molecule has 0 atom stereocenters. The quantitative estimate of drug-likeness (QED) is 0.852. The first-order valence-electron chi connectivity index (χ1n) is 7.36. The van der Waals surface area contributed by atoms with Gasteiger partial charge in [0.15, 0.2) is 0 Å². The van der Waals surface area contributed by atoms with Crippen LogP contribution in [0.4, 0.5) is 0 Å². The SMILES string of the molecule is COc1ccc2c(cnn2CCC(=O)NCCC(C)C)c1.